The van der Waals surface area contributed by atoms with Crippen LogP contribution in [0.15, 0.2) is 79.3 Å². The molecule has 1 aromatic heterocycles. The second kappa shape index (κ2) is 11.4. The lowest BCUT2D eigenvalue weighted by Crippen LogP contribution is -2.47. The van der Waals surface area contributed by atoms with Gasteiger partial charge >= 0.3 is 0 Å². The van der Waals surface area contributed by atoms with Gasteiger partial charge in [0.2, 0.25) is 5.91 Å². The molecule has 0 radical (unpaired) electrons. The highest BCUT2D eigenvalue weighted by atomic mass is 16.2. The number of benzene rings is 2. The van der Waals surface area contributed by atoms with E-state index in [4.69, 9.17) is 0 Å². The Balaban J connectivity index is 1.66. The number of rotatable bonds is 8. The topological polar surface area (TPSA) is 75.2 Å². The summed E-state index contributed by atoms with van der Waals surface area (Å²) in [7, 11) is 0. The van der Waals surface area contributed by atoms with Crippen LogP contribution in [0.2, 0.25) is 0 Å². The molecule has 2 amide bonds. The van der Waals surface area contributed by atoms with Crippen molar-refractivity contribution in [1.82, 2.24) is 20.2 Å². The third-order valence-corrected chi connectivity index (χ3v) is 6.15. The summed E-state index contributed by atoms with van der Waals surface area (Å²) in [5, 5.41) is 3.23. The third kappa shape index (κ3) is 6.04. The lowest BCUT2D eigenvalue weighted by atomic mass is 9.94. The van der Waals surface area contributed by atoms with Crippen LogP contribution in [0.3, 0.4) is 0 Å². The zero-order valence-corrected chi connectivity index (χ0v) is 18.8. The van der Waals surface area contributed by atoms with Gasteiger partial charge in [0.25, 0.3) is 5.91 Å². The van der Waals surface area contributed by atoms with Crippen LogP contribution in [0.5, 0.6) is 0 Å². The molecule has 1 N–H and O–H groups in total. The van der Waals surface area contributed by atoms with Crippen LogP contribution in [-0.4, -0.2) is 39.3 Å². The number of hydrogen-bond donors (Lipinski definition) is 1. The maximum Gasteiger partial charge on any atom is 0.275 e. The second-order valence-electron chi connectivity index (χ2n) is 8.48. The zero-order chi connectivity index (χ0) is 22.9. The number of carbonyl (C=O) groups is 2. The molecular weight excluding hydrogens is 412 g/mol. The molecule has 33 heavy (non-hydrogen) atoms. The first-order valence-electron chi connectivity index (χ1n) is 11.7. The van der Waals surface area contributed by atoms with E-state index in [-0.39, 0.29) is 23.6 Å². The molecule has 0 aliphatic heterocycles. The van der Waals surface area contributed by atoms with Crippen LogP contribution >= 0.6 is 0 Å². The zero-order valence-electron chi connectivity index (χ0n) is 18.8. The number of amides is 2. The van der Waals surface area contributed by atoms with Crippen LogP contribution < -0.4 is 5.32 Å². The van der Waals surface area contributed by atoms with Crippen molar-refractivity contribution in [2.75, 3.05) is 6.54 Å². The van der Waals surface area contributed by atoms with Gasteiger partial charge in [0.15, 0.2) is 0 Å². The molecule has 170 valence electrons. The first kappa shape index (κ1) is 22.6. The lowest BCUT2D eigenvalue weighted by Gasteiger charge is -2.33. The summed E-state index contributed by atoms with van der Waals surface area (Å²) < 4.78 is 0. The minimum atomic E-state index is -0.744. The highest BCUT2D eigenvalue weighted by Crippen LogP contribution is 2.25. The quantitative estimate of drug-likeness (QED) is 0.563. The molecule has 1 heterocycles. The van der Waals surface area contributed by atoms with E-state index >= 15 is 0 Å². The van der Waals surface area contributed by atoms with Crippen molar-refractivity contribution in [2.24, 2.45) is 0 Å². The summed E-state index contributed by atoms with van der Waals surface area (Å²) in [6.07, 6.45) is 10.5. The molecule has 1 saturated carbocycles. The van der Waals surface area contributed by atoms with Crippen molar-refractivity contribution < 1.29 is 9.59 Å². The number of carbonyl (C=O) groups excluding carboxylic acids is 2. The standard InChI is InChI=1S/C27H30N4O2/c32-26(30-23-14-8-3-9-15-23)25(22-12-6-2-7-13-22)31(19-16-21-10-4-1-5-11-21)27(33)24-20-28-17-18-29-24/h1-2,4-7,10-13,17-18,20,23,25H,3,8-9,14-16,19H2,(H,30,32). The van der Waals surface area contributed by atoms with E-state index in [9.17, 15) is 9.59 Å². The Morgan fingerprint density at radius 3 is 2.30 bits per heavy atom. The SMILES string of the molecule is O=C(NC1CCCCC1)C(c1ccccc1)N(CCc1ccccc1)C(=O)c1cnccn1. The van der Waals surface area contributed by atoms with E-state index in [1.54, 1.807) is 4.90 Å². The van der Waals surface area contributed by atoms with Gasteiger partial charge in [-0.3, -0.25) is 14.6 Å². The second-order valence-corrected chi connectivity index (χ2v) is 8.48. The minimum absolute atomic E-state index is 0.140. The molecule has 0 bridgehead atoms. The minimum Gasteiger partial charge on any atom is -0.351 e. The largest absolute Gasteiger partial charge is 0.351 e. The molecule has 1 fully saturated rings. The van der Waals surface area contributed by atoms with E-state index in [1.807, 2.05) is 60.7 Å². The Hall–Kier alpha value is -3.54. The lowest BCUT2D eigenvalue weighted by molar-refractivity contribution is -0.126. The van der Waals surface area contributed by atoms with Crippen LogP contribution in [0, 0.1) is 0 Å². The van der Waals surface area contributed by atoms with Crippen molar-refractivity contribution in [3.8, 4) is 0 Å². The van der Waals surface area contributed by atoms with E-state index in [1.165, 1.54) is 25.0 Å². The maximum atomic E-state index is 13.7. The summed E-state index contributed by atoms with van der Waals surface area (Å²) in [5.41, 5.74) is 2.13. The molecule has 1 aliphatic carbocycles. The van der Waals surface area contributed by atoms with Gasteiger partial charge in [-0.2, -0.15) is 0 Å². The maximum absolute atomic E-state index is 13.7. The van der Waals surface area contributed by atoms with Crippen molar-refractivity contribution in [1.29, 1.82) is 0 Å². The highest BCUT2D eigenvalue weighted by molar-refractivity contribution is 5.96. The summed E-state index contributed by atoms with van der Waals surface area (Å²) in [6.45, 7) is 0.386. The Morgan fingerprint density at radius 2 is 1.64 bits per heavy atom. The van der Waals surface area contributed by atoms with Crippen molar-refractivity contribution in [3.63, 3.8) is 0 Å². The van der Waals surface area contributed by atoms with Gasteiger partial charge in [0.1, 0.15) is 11.7 Å². The fourth-order valence-electron chi connectivity index (χ4n) is 4.43. The predicted molar refractivity (Wildman–Crippen MR) is 127 cm³/mol. The van der Waals surface area contributed by atoms with Gasteiger partial charge < -0.3 is 10.2 Å². The predicted octanol–water partition coefficient (Wildman–Crippen LogP) is 4.35. The molecule has 6 heteroatoms. The van der Waals surface area contributed by atoms with Crippen LogP contribution in [0.4, 0.5) is 0 Å². The average molecular weight is 443 g/mol. The highest BCUT2D eigenvalue weighted by Gasteiger charge is 2.33. The fourth-order valence-corrected chi connectivity index (χ4v) is 4.43. The molecule has 4 rings (SSSR count). The normalized spacial score (nSPS) is 14.9. The van der Waals surface area contributed by atoms with Crippen LogP contribution in [0.1, 0.15) is 59.8 Å². The molecule has 1 aliphatic rings. The van der Waals surface area contributed by atoms with E-state index in [0.29, 0.717) is 13.0 Å². The Kier molecular flexibility index (Phi) is 7.80. The molecule has 6 nitrogen and oxygen atoms in total. The monoisotopic (exact) mass is 442 g/mol. The number of aromatic nitrogens is 2. The summed E-state index contributed by atoms with van der Waals surface area (Å²) in [6, 6.07) is 18.9. The first-order chi connectivity index (χ1) is 16.2. The van der Waals surface area contributed by atoms with Gasteiger partial charge in [0.05, 0.1) is 6.20 Å². The molecule has 0 spiro atoms. The van der Waals surface area contributed by atoms with Gasteiger partial charge in [-0.25, -0.2) is 4.98 Å². The Morgan fingerprint density at radius 1 is 0.939 bits per heavy atom. The van der Waals surface area contributed by atoms with E-state index in [0.717, 1.165) is 36.8 Å². The molecule has 2 aromatic carbocycles. The van der Waals surface area contributed by atoms with Crippen LogP contribution in [0.25, 0.3) is 0 Å². The number of hydrogen-bond acceptors (Lipinski definition) is 4. The van der Waals surface area contributed by atoms with Crippen LogP contribution in [-0.2, 0) is 11.2 Å². The molecule has 3 aromatic rings. The number of nitrogens with zero attached hydrogens (tertiary/aromatic N) is 3. The third-order valence-electron chi connectivity index (χ3n) is 6.15. The van der Waals surface area contributed by atoms with Crippen molar-refractivity contribution in [3.05, 3.63) is 96.1 Å². The summed E-state index contributed by atoms with van der Waals surface area (Å²) in [5.74, 6) is -0.440. The van der Waals surface area contributed by atoms with E-state index in [2.05, 4.69) is 15.3 Å². The number of nitrogens with one attached hydrogen (secondary N) is 1. The van der Waals surface area contributed by atoms with Crippen molar-refractivity contribution in [2.45, 2.75) is 50.6 Å². The Bertz CT molecular complexity index is 1020. The van der Waals surface area contributed by atoms with Crippen molar-refractivity contribution >= 4 is 11.8 Å². The smallest absolute Gasteiger partial charge is 0.275 e. The van der Waals surface area contributed by atoms with Gasteiger partial charge in [-0.1, -0.05) is 79.9 Å². The van der Waals surface area contributed by atoms with Gasteiger partial charge in [0, 0.05) is 25.0 Å². The van der Waals surface area contributed by atoms with Gasteiger partial charge in [-0.15, -0.1) is 0 Å². The Labute approximate surface area is 195 Å². The van der Waals surface area contributed by atoms with Gasteiger partial charge in [-0.05, 0) is 30.4 Å². The summed E-state index contributed by atoms with van der Waals surface area (Å²) >= 11 is 0. The summed E-state index contributed by atoms with van der Waals surface area (Å²) in [4.78, 5) is 37.2. The molecular formula is C27H30N4O2. The molecule has 1 atom stereocenters. The van der Waals surface area contributed by atoms with E-state index < -0.39 is 6.04 Å². The molecule has 0 saturated heterocycles. The fraction of sp³-hybridized carbons (Fsp3) is 0.333. The average Bonchev–Trinajstić information content (AvgIpc) is 2.88. The molecule has 1 unspecified atom stereocenters. The first-order valence-corrected chi connectivity index (χ1v) is 11.7.